The Morgan fingerprint density at radius 1 is 1.10 bits per heavy atom. The van der Waals surface area contributed by atoms with Gasteiger partial charge in [0.25, 0.3) is 0 Å². The van der Waals surface area contributed by atoms with Gasteiger partial charge in [0.15, 0.2) is 0 Å². The van der Waals surface area contributed by atoms with Crippen molar-refractivity contribution in [3.05, 3.63) is 0 Å². The average molecular weight is 287 g/mol. The number of hydrogen-bond donors (Lipinski definition) is 2. The first-order valence-corrected chi connectivity index (χ1v) is 6.90. The van der Waals surface area contributed by atoms with Gasteiger partial charge in [0, 0.05) is 6.54 Å². The molecular formula is C13H25N3O4. The predicted molar refractivity (Wildman–Crippen MR) is 75.2 cm³/mol. The summed E-state index contributed by atoms with van der Waals surface area (Å²) in [5.74, 6) is -0.838. The lowest BCUT2D eigenvalue weighted by molar-refractivity contribution is -0.142. The molecule has 0 aromatic carbocycles. The topological polar surface area (TPSA) is 87.7 Å². The van der Waals surface area contributed by atoms with Crippen LogP contribution < -0.4 is 10.6 Å². The first-order chi connectivity index (χ1) is 9.53. The highest BCUT2D eigenvalue weighted by Gasteiger charge is 2.15. The molecular weight excluding hydrogens is 262 g/mol. The van der Waals surface area contributed by atoms with E-state index in [-0.39, 0.29) is 13.1 Å². The van der Waals surface area contributed by atoms with Crippen LogP contribution in [0.25, 0.3) is 0 Å². The Balaban J connectivity index is 4.11. The number of ether oxygens (including phenoxy) is 1. The number of carbonyl (C=O) groups excluding carboxylic acids is 3. The zero-order valence-corrected chi connectivity index (χ0v) is 12.5. The minimum atomic E-state index is -0.502. The molecule has 0 aliphatic carbocycles. The second-order valence-corrected chi connectivity index (χ2v) is 4.44. The number of esters is 1. The fourth-order valence-corrected chi connectivity index (χ4v) is 1.57. The van der Waals surface area contributed by atoms with E-state index in [1.165, 1.54) is 7.11 Å². The molecule has 0 bridgehead atoms. The molecule has 0 aliphatic rings. The Morgan fingerprint density at radius 2 is 1.80 bits per heavy atom. The monoisotopic (exact) mass is 287 g/mol. The van der Waals surface area contributed by atoms with Gasteiger partial charge >= 0.3 is 12.0 Å². The zero-order valence-electron chi connectivity index (χ0n) is 12.5. The number of imide groups is 1. The Labute approximate surface area is 120 Å². The van der Waals surface area contributed by atoms with Crippen molar-refractivity contribution in [2.75, 3.05) is 33.3 Å². The van der Waals surface area contributed by atoms with Crippen LogP contribution in [0.2, 0.25) is 0 Å². The standard InChI is InChI=1S/C13H25N3O4/c1-4-6-7-14-13(19)15-11(17)9-16(8-5-2)10-12(18)20-3/h4-10H2,1-3H3,(H2,14,15,17,19). The minimum absolute atomic E-state index is 0.00978. The summed E-state index contributed by atoms with van der Waals surface area (Å²) in [6.07, 6.45) is 2.64. The second kappa shape index (κ2) is 11.2. The van der Waals surface area contributed by atoms with Crippen molar-refractivity contribution >= 4 is 17.9 Å². The minimum Gasteiger partial charge on any atom is -0.468 e. The highest BCUT2D eigenvalue weighted by molar-refractivity contribution is 5.95. The van der Waals surface area contributed by atoms with Crippen LogP contribution in [0.5, 0.6) is 0 Å². The normalized spacial score (nSPS) is 10.2. The lowest BCUT2D eigenvalue weighted by atomic mass is 10.3. The van der Waals surface area contributed by atoms with Crippen molar-refractivity contribution in [3.63, 3.8) is 0 Å². The molecule has 0 fully saturated rings. The summed E-state index contributed by atoms with van der Waals surface area (Å²) in [5.41, 5.74) is 0. The van der Waals surface area contributed by atoms with Crippen LogP contribution >= 0.6 is 0 Å². The lowest BCUT2D eigenvalue weighted by Crippen LogP contribution is -2.46. The molecule has 7 nitrogen and oxygen atoms in total. The highest BCUT2D eigenvalue weighted by atomic mass is 16.5. The van der Waals surface area contributed by atoms with Gasteiger partial charge in [-0.2, -0.15) is 0 Å². The van der Waals surface area contributed by atoms with Crippen molar-refractivity contribution in [3.8, 4) is 0 Å². The molecule has 0 aromatic rings. The molecule has 0 unspecified atom stereocenters. The van der Waals surface area contributed by atoms with E-state index in [1.807, 2.05) is 13.8 Å². The van der Waals surface area contributed by atoms with E-state index >= 15 is 0 Å². The van der Waals surface area contributed by atoms with Crippen LogP contribution in [0.1, 0.15) is 33.1 Å². The number of unbranched alkanes of at least 4 members (excludes halogenated alkanes) is 1. The molecule has 0 radical (unpaired) electrons. The number of methoxy groups -OCH3 is 1. The highest BCUT2D eigenvalue weighted by Crippen LogP contribution is 1.92. The van der Waals surface area contributed by atoms with Crippen molar-refractivity contribution in [1.29, 1.82) is 0 Å². The number of nitrogens with zero attached hydrogens (tertiary/aromatic N) is 1. The largest absolute Gasteiger partial charge is 0.468 e. The zero-order chi connectivity index (χ0) is 15.4. The summed E-state index contributed by atoms with van der Waals surface area (Å²) in [7, 11) is 1.30. The predicted octanol–water partition coefficient (Wildman–Crippen LogP) is 0.497. The summed E-state index contributed by atoms with van der Waals surface area (Å²) in [6, 6.07) is -0.502. The van der Waals surface area contributed by atoms with Gasteiger partial charge in [-0.3, -0.25) is 19.8 Å². The molecule has 0 heterocycles. The van der Waals surface area contributed by atoms with Gasteiger partial charge in [0.1, 0.15) is 0 Å². The maximum Gasteiger partial charge on any atom is 0.321 e. The van der Waals surface area contributed by atoms with E-state index in [1.54, 1.807) is 4.90 Å². The van der Waals surface area contributed by atoms with Gasteiger partial charge in [0.2, 0.25) is 5.91 Å². The number of urea groups is 1. The number of nitrogens with one attached hydrogen (secondary N) is 2. The van der Waals surface area contributed by atoms with E-state index < -0.39 is 17.9 Å². The van der Waals surface area contributed by atoms with Gasteiger partial charge in [-0.1, -0.05) is 20.3 Å². The molecule has 0 spiro atoms. The van der Waals surface area contributed by atoms with Crippen LogP contribution in [0.15, 0.2) is 0 Å². The fourth-order valence-electron chi connectivity index (χ4n) is 1.57. The third kappa shape index (κ3) is 9.32. The second-order valence-electron chi connectivity index (χ2n) is 4.44. The summed E-state index contributed by atoms with van der Waals surface area (Å²) in [4.78, 5) is 35.9. The third-order valence-electron chi connectivity index (χ3n) is 2.56. The van der Waals surface area contributed by atoms with Gasteiger partial charge in [-0.15, -0.1) is 0 Å². The molecule has 0 saturated heterocycles. The molecule has 0 aromatic heterocycles. The van der Waals surface area contributed by atoms with E-state index in [2.05, 4.69) is 15.4 Å². The summed E-state index contributed by atoms with van der Waals surface area (Å²) >= 11 is 0. The number of rotatable bonds is 9. The molecule has 3 amide bonds. The molecule has 0 atom stereocenters. The molecule has 0 saturated carbocycles. The van der Waals surface area contributed by atoms with Crippen molar-refractivity contribution in [1.82, 2.24) is 15.5 Å². The van der Waals surface area contributed by atoms with Crippen LogP contribution in [-0.4, -0.2) is 56.1 Å². The number of amides is 3. The van der Waals surface area contributed by atoms with Crippen LogP contribution in [0.3, 0.4) is 0 Å². The van der Waals surface area contributed by atoms with E-state index in [9.17, 15) is 14.4 Å². The van der Waals surface area contributed by atoms with Crippen LogP contribution in [0.4, 0.5) is 4.79 Å². The number of carbonyl (C=O) groups is 3. The summed E-state index contributed by atoms with van der Waals surface area (Å²) < 4.78 is 4.56. The first-order valence-electron chi connectivity index (χ1n) is 6.90. The third-order valence-corrected chi connectivity index (χ3v) is 2.56. The number of hydrogen-bond acceptors (Lipinski definition) is 5. The molecule has 116 valence electrons. The lowest BCUT2D eigenvalue weighted by Gasteiger charge is -2.19. The maximum absolute atomic E-state index is 11.7. The van der Waals surface area contributed by atoms with E-state index in [0.29, 0.717) is 13.1 Å². The van der Waals surface area contributed by atoms with Gasteiger partial charge in [-0.25, -0.2) is 4.79 Å². The van der Waals surface area contributed by atoms with E-state index in [4.69, 9.17) is 0 Å². The van der Waals surface area contributed by atoms with Crippen molar-refractivity contribution in [2.24, 2.45) is 0 Å². The smallest absolute Gasteiger partial charge is 0.321 e. The van der Waals surface area contributed by atoms with Gasteiger partial charge < -0.3 is 10.1 Å². The fraction of sp³-hybridized carbons (Fsp3) is 0.769. The first kappa shape index (κ1) is 18.4. The van der Waals surface area contributed by atoms with Crippen LogP contribution in [-0.2, 0) is 14.3 Å². The Bertz CT molecular complexity index is 321. The SMILES string of the molecule is CCCCNC(=O)NC(=O)CN(CCC)CC(=O)OC. The maximum atomic E-state index is 11.7. The molecule has 0 rings (SSSR count). The molecule has 0 aliphatic heterocycles. The summed E-state index contributed by atoms with van der Waals surface area (Å²) in [5, 5.41) is 4.83. The van der Waals surface area contributed by atoms with Gasteiger partial charge in [0.05, 0.1) is 20.2 Å². The quantitative estimate of drug-likeness (QED) is 0.476. The molecule has 20 heavy (non-hydrogen) atoms. The van der Waals surface area contributed by atoms with E-state index in [0.717, 1.165) is 19.3 Å². The molecule has 2 N–H and O–H groups in total. The Morgan fingerprint density at radius 3 is 2.35 bits per heavy atom. The van der Waals surface area contributed by atoms with Crippen molar-refractivity contribution in [2.45, 2.75) is 33.1 Å². The average Bonchev–Trinajstić information content (AvgIpc) is 2.38. The molecule has 7 heteroatoms. The van der Waals surface area contributed by atoms with Gasteiger partial charge in [-0.05, 0) is 19.4 Å². The van der Waals surface area contributed by atoms with Crippen molar-refractivity contribution < 1.29 is 19.1 Å². The van der Waals surface area contributed by atoms with Crippen LogP contribution in [0, 0.1) is 0 Å². The Hall–Kier alpha value is -1.63. The Kier molecular flexibility index (Phi) is 10.3. The summed E-state index contributed by atoms with van der Waals surface area (Å²) in [6.45, 7) is 5.11.